The van der Waals surface area contributed by atoms with Crippen molar-refractivity contribution in [3.8, 4) is 6.07 Å². The molecular formula is C13H19N. The molecule has 0 spiro atoms. The molecule has 0 aliphatic carbocycles. The number of nitriles is 1. The van der Waals surface area contributed by atoms with E-state index in [4.69, 9.17) is 5.26 Å². The Morgan fingerprint density at radius 3 is 2.21 bits per heavy atom. The van der Waals surface area contributed by atoms with E-state index in [1.807, 2.05) is 19.9 Å². The van der Waals surface area contributed by atoms with Gasteiger partial charge < -0.3 is 0 Å². The second-order valence-corrected chi connectivity index (χ2v) is 4.27. The Labute approximate surface area is 87.4 Å². The third-order valence-electron chi connectivity index (χ3n) is 2.30. The molecule has 0 heterocycles. The normalized spacial score (nSPS) is 12.4. The molecule has 0 aromatic heterocycles. The number of allylic oxidation sites excluding steroid dienone is 4. The molecule has 0 bridgehead atoms. The molecule has 0 aliphatic rings. The van der Waals surface area contributed by atoms with Gasteiger partial charge in [0.05, 0.1) is 11.5 Å². The van der Waals surface area contributed by atoms with Crippen LogP contribution in [0.2, 0.25) is 0 Å². The standard InChI is InChI=1S/C13H19N/c1-7-12(13(5,6)9-14)8-11(4)10(2)3/h7-8,10H,1,4H2,2-3,5-6H3/b12-8+. The summed E-state index contributed by atoms with van der Waals surface area (Å²) in [5, 5.41) is 8.98. The minimum atomic E-state index is -0.487. The maximum atomic E-state index is 8.98. The molecule has 0 unspecified atom stereocenters. The van der Waals surface area contributed by atoms with Gasteiger partial charge in [0.15, 0.2) is 0 Å². The number of rotatable bonds is 4. The van der Waals surface area contributed by atoms with Crippen LogP contribution in [0.5, 0.6) is 0 Å². The first-order valence-electron chi connectivity index (χ1n) is 4.79. The van der Waals surface area contributed by atoms with Crippen molar-refractivity contribution in [1.29, 1.82) is 5.26 Å². The lowest BCUT2D eigenvalue weighted by molar-refractivity contribution is 0.610. The van der Waals surface area contributed by atoms with Crippen LogP contribution in [0.3, 0.4) is 0 Å². The summed E-state index contributed by atoms with van der Waals surface area (Å²) < 4.78 is 0. The smallest absolute Gasteiger partial charge is 0.0766 e. The van der Waals surface area contributed by atoms with Crippen molar-refractivity contribution in [3.63, 3.8) is 0 Å². The molecule has 1 heteroatoms. The van der Waals surface area contributed by atoms with Crippen molar-refractivity contribution < 1.29 is 0 Å². The van der Waals surface area contributed by atoms with Gasteiger partial charge in [-0.1, -0.05) is 44.7 Å². The molecule has 0 amide bonds. The zero-order chi connectivity index (χ0) is 11.4. The Kier molecular flexibility index (Phi) is 4.37. The molecule has 76 valence electrons. The van der Waals surface area contributed by atoms with E-state index in [0.29, 0.717) is 5.92 Å². The molecule has 0 saturated carbocycles. The molecular weight excluding hydrogens is 170 g/mol. The summed E-state index contributed by atoms with van der Waals surface area (Å²) in [7, 11) is 0. The van der Waals surface area contributed by atoms with Crippen LogP contribution >= 0.6 is 0 Å². The number of hydrogen-bond acceptors (Lipinski definition) is 1. The van der Waals surface area contributed by atoms with Gasteiger partial charge in [-0.05, 0) is 25.3 Å². The van der Waals surface area contributed by atoms with Crippen LogP contribution in [0.1, 0.15) is 27.7 Å². The van der Waals surface area contributed by atoms with Crippen LogP contribution in [-0.2, 0) is 0 Å². The quantitative estimate of drug-likeness (QED) is 0.616. The fourth-order valence-corrected chi connectivity index (χ4v) is 0.925. The van der Waals surface area contributed by atoms with E-state index in [9.17, 15) is 0 Å². The highest BCUT2D eigenvalue weighted by molar-refractivity contribution is 5.36. The Morgan fingerprint density at radius 1 is 1.43 bits per heavy atom. The topological polar surface area (TPSA) is 23.8 Å². The van der Waals surface area contributed by atoms with Gasteiger partial charge in [-0.2, -0.15) is 5.26 Å². The molecule has 0 aliphatic heterocycles. The minimum absolute atomic E-state index is 0.402. The number of hydrogen-bond donors (Lipinski definition) is 0. The largest absolute Gasteiger partial charge is 0.197 e. The van der Waals surface area contributed by atoms with Gasteiger partial charge in [-0.3, -0.25) is 0 Å². The molecule has 0 rings (SSSR count). The molecule has 14 heavy (non-hydrogen) atoms. The summed E-state index contributed by atoms with van der Waals surface area (Å²) in [6, 6.07) is 2.26. The van der Waals surface area contributed by atoms with E-state index in [0.717, 1.165) is 11.1 Å². The molecule has 0 fully saturated rings. The van der Waals surface area contributed by atoms with E-state index >= 15 is 0 Å². The van der Waals surface area contributed by atoms with Gasteiger partial charge in [0.1, 0.15) is 0 Å². The van der Waals surface area contributed by atoms with Crippen LogP contribution in [0.4, 0.5) is 0 Å². The highest BCUT2D eigenvalue weighted by atomic mass is 14.3. The van der Waals surface area contributed by atoms with Crippen LogP contribution in [-0.4, -0.2) is 0 Å². The zero-order valence-corrected chi connectivity index (χ0v) is 9.59. The molecule has 0 saturated heterocycles. The highest BCUT2D eigenvalue weighted by Gasteiger charge is 2.20. The first-order valence-corrected chi connectivity index (χ1v) is 4.79. The van der Waals surface area contributed by atoms with Gasteiger partial charge in [-0.15, -0.1) is 0 Å². The molecule has 0 aromatic carbocycles. The predicted molar refractivity (Wildman–Crippen MR) is 61.7 cm³/mol. The van der Waals surface area contributed by atoms with E-state index in [2.05, 4.69) is 33.1 Å². The zero-order valence-electron chi connectivity index (χ0n) is 9.59. The van der Waals surface area contributed by atoms with Gasteiger partial charge in [0.25, 0.3) is 0 Å². The van der Waals surface area contributed by atoms with Crippen LogP contribution in [0, 0.1) is 22.7 Å². The van der Waals surface area contributed by atoms with Crippen molar-refractivity contribution in [3.05, 3.63) is 36.5 Å². The first-order chi connectivity index (χ1) is 6.35. The first kappa shape index (κ1) is 12.7. The fourth-order valence-electron chi connectivity index (χ4n) is 0.925. The average molecular weight is 189 g/mol. The highest BCUT2D eigenvalue weighted by Crippen LogP contribution is 2.27. The van der Waals surface area contributed by atoms with Crippen LogP contribution in [0.25, 0.3) is 0 Å². The fraction of sp³-hybridized carbons (Fsp3) is 0.462. The Balaban J connectivity index is 5.02. The van der Waals surface area contributed by atoms with Gasteiger partial charge >= 0.3 is 0 Å². The third kappa shape index (κ3) is 3.22. The summed E-state index contributed by atoms with van der Waals surface area (Å²) >= 11 is 0. The monoisotopic (exact) mass is 189 g/mol. The predicted octanol–water partition coefficient (Wildman–Crippen LogP) is 3.86. The summed E-state index contributed by atoms with van der Waals surface area (Å²) in [6.45, 7) is 15.6. The summed E-state index contributed by atoms with van der Waals surface area (Å²) in [6.07, 6.45) is 3.69. The van der Waals surface area contributed by atoms with Crippen molar-refractivity contribution in [2.45, 2.75) is 27.7 Å². The van der Waals surface area contributed by atoms with E-state index in [1.54, 1.807) is 6.08 Å². The lowest BCUT2D eigenvalue weighted by Crippen LogP contribution is -2.10. The molecule has 0 atom stereocenters. The third-order valence-corrected chi connectivity index (χ3v) is 2.30. The summed E-state index contributed by atoms with van der Waals surface area (Å²) in [5.41, 5.74) is 1.47. The van der Waals surface area contributed by atoms with Crippen molar-refractivity contribution >= 4 is 0 Å². The number of nitrogens with zero attached hydrogens (tertiary/aromatic N) is 1. The average Bonchev–Trinajstić information content (AvgIpc) is 2.13. The Morgan fingerprint density at radius 2 is 1.93 bits per heavy atom. The minimum Gasteiger partial charge on any atom is -0.197 e. The van der Waals surface area contributed by atoms with Crippen molar-refractivity contribution in [2.24, 2.45) is 11.3 Å². The van der Waals surface area contributed by atoms with Crippen molar-refractivity contribution in [2.75, 3.05) is 0 Å². The summed E-state index contributed by atoms with van der Waals surface area (Å²) in [5.74, 6) is 0.402. The van der Waals surface area contributed by atoms with E-state index in [1.165, 1.54) is 0 Å². The second-order valence-electron chi connectivity index (χ2n) is 4.27. The van der Waals surface area contributed by atoms with E-state index < -0.39 is 5.41 Å². The SMILES string of the molecule is C=C/C(=C\C(=C)C(C)C)C(C)(C)C#N. The van der Waals surface area contributed by atoms with Gasteiger partial charge in [0, 0.05) is 0 Å². The van der Waals surface area contributed by atoms with E-state index in [-0.39, 0.29) is 0 Å². The van der Waals surface area contributed by atoms with Crippen molar-refractivity contribution in [1.82, 2.24) is 0 Å². The lowest BCUT2D eigenvalue weighted by atomic mass is 9.84. The molecule has 1 nitrogen and oxygen atoms in total. The Hall–Kier alpha value is -1.29. The summed E-state index contributed by atoms with van der Waals surface area (Å²) in [4.78, 5) is 0. The lowest BCUT2D eigenvalue weighted by Gasteiger charge is -2.18. The Bertz CT molecular complexity index is 298. The van der Waals surface area contributed by atoms with Crippen LogP contribution < -0.4 is 0 Å². The maximum Gasteiger partial charge on any atom is 0.0766 e. The van der Waals surface area contributed by atoms with Crippen LogP contribution in [0.15, 0.2) is 36.5 Å². The maximum absolute atomic E-state index is 8.98. The molecule has 0 N–H and O–H groups in total. The molecule has 0 radical (unpaired) electrons. The van der Waals surface area contributed by atoms with Gasteiger partial charge in [0.2, 0.25) is 0 Å². The second kappa shape index (κ2) is 4.81. The molecule has 0 aromatic rings. The van der Waals surface area contributed by atoms with Gasteiger partial charge in [-0.25, -0.2) is 0 Å².